The number of rotatable bonds is 6. The fraction of sp³-hybridized carbons (Fsp3) is 0.273. The minimum atomic E-state index is -2.88. The predicted octanol–water partition coefficient (Wildman–Crippen LogP) is 1.38. The van der Waals surface area contributed by atoms with Crippen molar-refractivity contribution < 1.29 is 28.2 Å². The summed E-state index contributed by atoms with van der Waals surface area (Å²) in [6.45, 7) is -2.76. The van der Waals surface area contributed by atoms with Gasteiger partial charge in [0.25, 0.3) is 0 Å². The zero-order chi connectivity index (χ0) is 13.5. The molecule has 1 rings (SSSR count). The molecule has 0 heterocycles. The molecule has 0 aliphatic heterocycles. The molecule has 7 heteroatoms. The Kier molecular flexibility index (Phi) is 5.04. The number of hydrogen-bond acceptors (Lipinski definition) is 3. The van der Waals surface area contributed by atoms with Crippen LogP contribution in [0.1, 0.15) is 12.0 Å². The van der Waals surface area contributed by atoms with Crippen molar-refractivity contribution in [2.75, 3.05) is 0 Å². The molecule has 0 saturated heterocycles. The molecule has 98 valence electrons. The lowest BCUT2D eigenvalue weighted by Crippen LogP contribution is -2.24. The van der Waals surface area contributed by atoms with Crippen LogP contribution >= 0.6 is 0 Å². The van der Waals surface area contributed by atoms with Crippen molar-refractivity contribution in [3.05, 3.63) is 29.8 Å². The van der Waals surface area contributed by atoms with Gasteiger partial charge in [0, 0.05) is 6.54 Å². The summed E-state index contributed by atoms with van der Waals surface area (Å²) in [5.41, 5.74) is 0.648. The van der Waals surface area contributed by atoms with E-state index < -0.39 is 24.9 Å². The molecule has 0 fully saturated rings. The maximum Gasteiger partial charge on any atom is 0.387 e. The summed E-state index contributed by atoms with van der Waals surface area (Å²) in [7, 11) is 0. The molecular formula is C11H11F2NO4. The zero-order valence-corrected chi connectivity index (χ0v) is 9.23. The van der Waals surface area contributed by atoms with E-state index in [1.54, 1.807) is 0 Å². The number of hydrogen-bond donors (Lipinski definition) is 2. The zero-order valence-electron chi connectivity index (χ0n) is 9.23. The molecule has 1 aromatic carbocycles. The molecule has 0 radical (unpaired) electrons. The summed E-state index contributed by atoms with van der Waals surface area (Å²) in [5, 5.41) is 10.7. The molecular weight excluding hydrogens is 248 g/mol. The normalized spacial score (nSPS) is 10.2. The Morgan fingerprint density at radius 2 is 1.89 bits per heavy atom. The third-order valence-electron chi connectivity index (χ3n) is 1.95. The number of alkyl halides is 2. The van der Waals surface area contributed by atoms with E-state index in [-0.39, 0.29) is 12.3 Å². The molecule has 0 aliphatic rings. The highest BCUT2D eigenvalue weighted by molar-refractivity contribution is 5.93. The number of halogens is 2. The van der Waals surface area contributed by atoms with E-state index in [9.17, 15) is 18.4 Å². The summed E-state index contributed by atoms with van der Waals surface area (Å²) in [5.74, 6) is -1.81. The molecule has 1 aromatic rings. The van der Waals surface area contributed by atoms with Crippen molar-refractivity contribution in [2.45, 2.75) is 19.6 Å². The van der Waals surface area contributed by atoms with Crippen molar-refractivity contribution in [3.8, 4) is 5.75 Å². The number of carbonyl (C=O) groups excluding carboxylic acids is 1. The summed E-state index contributed by atoms with van der Waals surface area (Å²) in [6, 6.07) is 5.67. The molecule has 0 aromatic heterocycles. The van der Waals surface area contributed by atoms with E-state index in [0.29, 0.717) is 5.56 Å². The van der Waals surface area contributed by atoms with Crippen molar-refractivity contribution >= 4 is 11.9 Å². The monoisotopic (exact) mass is 259 g/mol. The third-order valence-corrected chi connectivity index (χ3v) is 1.95. The summed E-state index contributed by atoms with van der Waals surface area (Å²) < 4.78 is 27.9. The SMILES string of the molecule is O=C(O)CC(=O)NCc1ccc(OC(F)F)cc1. The number of carboxylic acids is 1. The molecule has 18 heavy (non-hydrogen) atoms. The van der Waals surface area contributed by atoms with Gasteiger partial charge in [-0.3, -0.25) is 9.59 Å². The van der Waals surface area contributed by atoms with Crippen molar-refractivity contribution in [2.24, 2.45) is 0 Å². The topological polar surface area (TPSA) is 75.6 Å². The van der Waals surface area contributed by atoms with E-state index in [4.69, 9.17) is 5.11 Å². The van der Waals surface area contributed by atoms with Crippen LogP contribution in [0.5, 0.6) is 5.75 Å². The number of benzene rings is 1. The Morgan fingerprint density at radius 3 is 2.39 bits per heavy atom. The van der Waals surface area contributed by atoms with Crippen LogP contribution in [-0.4, -0.2) is 23.6 Å². The second kappa shape index (κ2) is 6.53. The highest BCUT2D eigenvalue weighted by atomic mass is 19.3. The van der Waals surface area contributed by atoms with Crippen LogP contribution in [0.25, 0.3) is 0 Å². The summed E-state index contributed by atoms with van der Waals surface area (Å²) >= 11 is 0. The molecule has 0 aliphatic carbocycles. The van der Waals surface area contributed by atoms with E-state index >= 15 is 0 Å². The first-order valence-electron chi connectivity index (χ1n) is 4.99. The summed E-state index contributed by atoms with van der Waals surface area (Å²) in [4.78, 5) is 21.2. The van der Waals surface area contributed by atoms with Gasteiger partial charge >= 0.3 is 12.6 Å². The standard InChI is InChI=1S/C11H11F2NO4/c12-11(13)18-8-3-1-7(2-4-8)6-14-9(15)5-10(16)17/h1-4,11H,5-6H2,(H,14,15)(H,16,17). The number of amides is 1. The van der Waals surface area contributed by atoms with Gasteiger partial charge < -0.3 is 15.2 Å². The van der Waals surface area contributed by atoms with E-state index in [1.807, 2.05) is 0 Å². The Hall–Kier alpha value is -2.18. The van der Waals surface area contributed by atoms with E-state index in [1.165, 1.54) is 24.3 Å². The molecule has 2 N–H and O–H groups in total. The highest BCUT2D eigenvalue weighted by Crippen LogP contribution is 2.14. The van der Waals surface area contributed by atoms with Gasteiger partial charge in [0.15, 0.2) is 0 Å². The molecule has 0 bridgehead atoms. The second-order valence-corrected chi connectivity index (χ2v) is 3.37. The first-order chi connectivity index (χ1) is 8.47. The first-order valence-corrected chi connectivity index (χ1v) is 4.99. The maximum atomic E-state index is 11.9. The number of nitrogens with one attached hydrogen (secondary N) is 1. The molecule has 0 saturated carbocycles. The van der Waals surface area contributed by atoms with Gasteiger partial charge in [0.2, 0.25) is 5.91 Å². The van der Waals surface area contributed by atoms with Crippen LogP contribution in [0.15, 0.2) is 24.3 Å². The number of carbonyl (C=O) groups is 2. The van der Waals surface area contributed by atoms with Crippen LogP contribution < -0.4 is 10.1 Å². The smallest absolute Gasteiger partial charge is 0.387 e. The van der Waals surface area contributed by atoms with Crippen LogP contribution in [0.3, 0.4) is 0 Å². The quantitative estimate of drug-likeness (QED) is 0.757. The van der Waals surface area contributed by atoms with Gasteiger partial charge in [0.1, 0.15) is 12.2 Å². The van der Waals surface area contributed by atoms with Crippen molar-refractivity contribution in [3.63, 3.8) is 0 Å². The van der Waals surface area contributed by atoms with Gasteiger partial charge in [-0.15, -0.1) is 0 Å². The number of carboxylic acid groups (broad SMARTS) is 1. The van der Waals surface area contributed by atoms with Gasteiger partial charge in [0.05, 0.1) is 0 Å². The van der Waals surface area contributed by atoms with Gasteiger partial charge in [-0.25, -0.2) is 0 Å². The third kappa shape index (κ3) is 5.24. The number of aliphatic carboxylic acids is 1. The predicted molar refractivity (Wildman–Crippen MR) is 57.2 cm³/mol. The van der Waals surface area contributed by atoms with Crippen LogP contribution in [0.2, 0.25) is 0 Å². The molecule has 1 amide bonds. The average molecular weight is 259 g/mol. The van der Waals surface area contributed by atoms with Gasteiger partial charge in [-0.1, -0.05) is 12.1 Å². The summed E-state index contributed by atoms with van der Waals surface area (Å²) in [6.07, 6.45) is -0.605. The second-order valence-electron chi connectivity index (χ2n) is 3.37. The van der Waals surface area contributed by atoms with Gasteiger partial charge in [-0.05, 0) is 17.7 Å². The minimum Gasteiger partial charge on any atom is -0.481 e. The molecule has 0 spiro atoms. The largest absolute Gasteiger partial charge is 0.481 e. The number of ether oxygens (including phenoxy) is 1. The average Bonchev–Trinajstić information content (AvgIpc) is 2.26. The van der Waals surface area contributed by atoms with Gasteiger partial charge in [-0.2, -0.15) is 8.78 Å². The lowest BCUT2D eigenvalue weighted by molar-refractivity contribution is -0.140. The Labute approximate surface area is 101 Å². The van der Waals surface area contributed by atoms with Crippen LogP contribution in [0.4, 0.5) is 8.78 Å². The van der Waals surface area contributed by atoms with E-state index in [0.717, 1.165) is 0 Å². The maximum absolute atomic E-state index is 11.9. The minimum absolute atomic E-state index is 0.0191. The first kappa shape index (κ1) is 13.9. The van der Waals surface area contributed by atoms with Crippen LogP contribution in [-0.2, 0) is 16.1 Å². The fourth-order valence-corrected chi connectivity index (χ4v) is 1.19. The molecule has 5 nitrogen and oxygen atoms in total. The Bertz CT molecular complexity index is 420. The lowest BCUT2D eigenvalue weighted by Gasteiger charge is -2.06. The lowest BCUT2D eigenvalue weighted by atomic mass is 10.2. The van der Waals surface area contributed by atoms with Crippen LogP contribution in [0, 0.1) is 0 Å². The highest BCUT2D eigenvalue weighted by Gasteiger charge is 2.07. The van der Waals surface area contributed by atoms with Crippen molar-refractivity contribution in [1.29, 1.82) is 0 Å². The fourth-order valence-electron chi connectivity index (χ4n) is 1.19. The van der Waals surface area contributed by atoms with Crippen molar-refractivity contribution in [1.82, 2.24) is 5.32 Å². The van der Waals surface area contributed by atoms with E-state index in [2.05, 4.69) is 10.1 Å². The molecule has 0 unspecified atom stereocenters. The molecule has 0 atom stereocenters. The Morgan fingerprint density at radius 1 is 1.28 bits per heavy atom. The Balaban J connectivity index is 2.44.